The summed E-state index contributed by atoms with van der Waals surface area (Å²) in [5.74, 6) is -0.768. The van der Waals surface area contributed by atoms with Crippen LogP contribution in [0.4, 0.5) is 16.5 Å². The highest BCUT2D eigenvalue weighted by molar-refractivity contribution is 8.02. The minimum atomic E-state index is -1.08. The zero-order chi connectivity index (χ0) is 23.2. The Bertz CT molecular complexity index is 1280. The van der Waals surface area contributed by atoms with Gasteiger partial charge in [0, 0.05) is 35.1 Å². The monoisotopic (exact) mass is 499 g/mol. The van der Waals surface area contributed by atoms with Gasteiger partial charge in [0.05, 0.1) is 17.1 Å². The van der Waals surface area contributed by atoms with Crippen LogP contribution in [0.1, 0.15) is 25.5 Å². The van der Waals surface area contributed by atoms with Crippen molar-refractivity contribution >= 4 is 69.0 Å². The highest BCUT2D eigenvalue weighted by Gasteiger charge is 2.58. The highest BCUT2D eigenvalue weighted by Crippen LogP contribution is 2.56. The molecule has 10 heteroatoms. The van der Waals surface area contributed by atoms with Crippen molar-refractivity contribution in [3.8, 4) is 0 Å². The number of esters is 1. The van der Waals surface area contributed by atoms with Crippen LogP contribution in [0.25, 0.3) is 0 Å². The normalized spacial score (nSPS) is 18.7. The molecule has 33 heavy (non-hydrogen) atoms. The molecule has 2 amide bonds. The van der Waals surface area contributed by atoms with Gasteiger partial charge in [-0.3, -0.25) is 19.4 Å². The number of ether oxygens (including phenoxy) is 1. The molecule has 3 aromatic rings. The second kappa shape index (κ2) is 8.48. The molecule has 1 saturated heterocycles. The quantitative estimate of drug-likeness (QED) is 0.451. The van der Waals surface area contributed by atoms with E-state index < -0.39 is 10.8 Å². The Balaban J connectivity index is 1.33. The Morgan fingerprint density at radius 3 is 2.85 bits per heavy atom. The number of carbonyl (C=O) groups is 3. The lowest BCUT2D eigenvalue weighted by Crippen LogP contribution is -2.47. The van der Waals surface area contributed by atoms with Gasteiger partial charge in [0.2, 0.25) is 11.8 Å². The third kappa shape index (κ3) is 3.80. The first-order chi connectivity index (χ1) is 15.9. The number of fused-ring (bicyclic) bond motifs is 3. The molecule has 0 spiro atoms. The first-order valence-corrected chi connectivity index (χ1v) is 12.3. The zero-order valence-electron chi connectivity index (χ0n) is 17.5. The van der Waals surface area contributed by atoms with Crippen LogP contribution in [0, 0.1) is 0 Å². The molecule has 7 nitrogen and oxygen atoms in total. The second-order valence-electron chi connectivity index (χ2n) is 7.62. The van der Waals surface area contributed by atoms with E-state index in [0.29, 0.717) is 34.4 Å². The second-order valence-corrected chi connectivity index (χ2v) is 10.2. The maximum Gasteiger partial charge on any atom is 0.343 e. The number of aromatic nitrogens is 1. The summed E-state index contributed by atoms with van der Waals surface area (Å²) in [4.78, 5) is 45.4. The molecular weight excluding hydrogens is 482 g/mol. The fourth-order valence-electron chi connectivity index (χ4n) is 4.03. The number of para-hydroxylation sites is 1. The van der Waals surface area contributed by atoms with Crippen LogP contribution in [0.5, 0.6) is 0 Å². The number of hydrogen-bond donors (Lipinski definition) is 0. The Kier molecular flexibility index (Phi) is 5.64. The first-order valence-electron chi connectivity index (χ1n) is 10.2. The topological polar surface area (TPSA) is 79.8 Å². The Hall–Kier alpha value is -2.88. The third-order valence-electron chi connectivity index (χ3n) is 5.46. The number of hydrogen-bond acceptors (Lipinski definition) is 7. The number of carbonyl (C=O) groups excluding carboxylic acids is 3. The van der Waals surface area contributed by atoms with Crippen molar-refractivity contribution < 1.29 is 19.1 Å². The first kappa shape index (κ1) is 21.9. The lowest BCUT2D eigenvalue weighted by molar-refractivity contribution is -0.148. The lowest BCUT2D eigenvalue weighted by atomic mass is 10.2. The van der Waals surface area contributed by atoms with E-state index in [0.717, 1.165) is 10.6 Å². The molecule has 1 fully saturated rings. The number of rotatable bonds is 5. The van der Waals surface area contributed by atoms with Crippen LogP contribution in [0.15, 0.2) is 58.8 Å². The fraction of sp³-hybridized carbons (Fsp3) is 0.217. The van der Waals surface area contributed by atoms with Crippen molar-refractivity contribution in [2.24, 2.45) is 0 Å². The van der Waals surface area contributed by atoms with E-state index in [4.69, 9.17) is 16.3 Å². The maximum atomic E-state index is 13.2. The van der Waals surface area contributed by atoms with Crippen molar-refractivity contribution in [1.82, 2.24) is 4.98 Å². The molecule has 0 aliphatic carbocycles. The molecular formula is C23H18ClN3O4S2. The van der Waals surface area contributed by atoms with Gasteiger partial charge < -0.3 is 4.74 Å². The van der Waals surface area contributed by atoms with E-state index in [2.05, 4.69) is 4.98 Å². The molecule has 1 aromatic heterocycles. The van der Waals surface area contributed by atoms with Gasteiger partial charge in [-0.25, -0.2) is 9.78 Å². The van der Waals surface area contributed by atoms with E-state index in [1.54, 1.807) is 34.5 Å². The standard InChI is InChI=1S/C23H18ClN3O4S2/c1-14(28)26(17-6-4-5-15(24)11-17)22-25-16(13-32-22)12-31-21(30)23-10-9-20(29)27(23)18-7-2-3-8-19(18)33-23/h2-8,11,13H,9-10,12H2,1H3/t23-/m1/s1. The zero-order valence-corrected chi connectivity index (χ0v) is 19.9. The molecule has 2 aromatic carbocycles. The van der Waals surface area contributed by atoms with E-state index in [1.807, 2.05) is 24.3 Å². The van der Waals surface area contributed by atoms with Gasteiger partial charge in [-0.05, 0) is 30.3 Å². The van der Waals surface area contributed by atoms with E-state index >= 15 is 0 Å². The molecule has 1 atom stereocenters. The van der Waals surface area contributed by atoms with Crippen LogP contribution in [-0.2, 0) is 25.7 Å². The summed E-state index contributed by atoms with van der Waals surface area (Å²) in [6, 6.07) is 14.4. The minimum Gasteiger partial charge on any atom is -0.457 e. The average Bonchev–Trinajstić information content (AvgIpc) is 3.47. The molecule has 168 valence electrons. The molecule has 2 aliphatic rings. The summed E-state index contributed by atoms with van der Waals surface area (Å²) in [5.41, 5.74) is 1.87. The van der Waals surface area contributed by atoms with Gasteiger partial charge in [-0.15, -0.1) is 11.3 Å². The van der Waals surface area contributed by atoms with Crippen LogP contribution in [-0.4, -0.2) is 27.6 Å². The Morgan fingerprint density at radius 1 is 1.24 bits per heavy atom. The summed E-state index contributed by atoms with van der Waals surface area (Å²) < 4.78 is 5.64. The molecule has 5 rings (SSSR count). The number of benzene rings is 2. The molecule has 0 bridgehead atoms. The molecule has 0 N–H and O–H groups in total. The van der Waals surface area contributed by atoms with Crippen molar-refractivity contribution in [3.63, 3.8) is 0 Å². The molecule has 3 heterocycles. The average molecular weight is 500 g/mol. The van der Waals surface area contributed by atoms with Crippen LogP contribution >= 0.6 is 34.7 Å². The van der Waals surface area contributed by atoms with E-state index in [9.17, 15) is 14.4 Å². The van der Waals surface area contributed by atoms with Gasteiger partial charge in [0.25, 0.3) is 0 Å². The smallest absolute Gasteiger partial charge is 0.343 e. The van der Waals surface area contributed by atoms with Crippen molar-refractivity contribution in [2.75, 3.05) is 9.80 Å². The maximum absolute atomic E-state index is 13.2. The molecule has 0 radical (unpaired) electrons. The van der Waals surface area contributed by atoms with Crippen LogP contribution < -0.4 is 9.80 Å². The summed E-state index contributed by atoms with van der Waals surface area (Å²) in [5, 5.41) is 2.71. The SMILES string of the molecule is CC(=O)N(c1cccc(Cl)c1)c1nc(COC(=O)[C@]23CCC(=O)N2c2ccccc2S3)cs1. The van der Waals surface area contributed by atoms with Crippen LogP contribution in [0.2, 0.25) is 5.02 Å². The Labute approximate surface area is 203 Å². The lowest BCUT2D eigenvalue weighted by Gasteiger charge is -2.28. The molecule has 2 aliphatic heterocycles. The van der Waals surface area contributed by atoms with Gasteiger partial charge in [0.1, 0.15) is 6.61 Å². The van der Waals surface area contributed by atoms with E-state index in [1.165, 1.54) is 34.9 Å². The predicted molar refractivity (Wildman–Crippen MR) is 128 cm³/mol. The minimum absolute atomic E-state index is 0.0582. The van der Waals surface area contributed by atoms with Gasteiger partial charge in [0.15, 0.2) is 10.0 Å². The number of halogens is 1. The number of amides is 2. The molecule has 0 saturated carbocycles. The van der Waals surface area contributed by atoms with Gasteiger partial charge in [-0.1, -0.05) is 41.6 Å². The number of nitrogens with zero attached hydrogens (tertiary/aromatic N) is 3. The van der Waals surface area contributed by atoms with Crippen LogP contribution in [0.3, 0.4) is 0 Å². The highest BCUT2D eigenvalue weighted by atomic mass is 35.5. The fourth-order valence-corrected chi connectivity index (χ4v) is 6.50. The Morgan fingerprint density at radius 2 is 2.06 bits per heavy atom. The number of anilines is 3. The summed E-state index contributed by atoms with van der Waals surface area (Å²) in [6.45, 7) is 1.39. The summed E-state index contributed by atoms with van der Waals surface area (Å²) in [6.07, 6.45) is 0.684. The van der Waals surface area contributed by atoms with E-state index in [-0.39, 0.29) is 18.4 Å². The largest absolute Gasteiger partial charge is 0.457 e. The summed E-state index contributed by atoms with van der Waals surface area (Å²) in [7, 11) is 0. The molecule has 0 unspecified atom stereocenters. The van der Waals surface area contributed by atoms with Crippen molar-refractivity contribution in [2.45, 2.75) is 36.1 Å². The third-order valence-corrected chi connectivity index (χ3v) is 8.02. The summed E-state index contributed by atoms with van der Waals surface area (Å²) >= 11 is 8.71. The van der Waals surface area contributed by atoms with Gasteiger partial charge in [-0.2, -0.15) is 0 Å². The van der Waals surface area contributed by atoms with Crippen molar-refractivity contribution in [1.29, 1.82) is 0 Å². The predicted octanol–water partition coefficient (Wildman–Crippen LogP) is 5.15. The number of thioether (sulfide) groups is 1. The van der Waals surface area contributed by atoms with Gasteiger partial charge >= 0.3 is 5.97 Å². The van der Waals surface area contributed by atoms with Crippen molar-refractivity contribution in [3.05, 3.63) is 64.6 Å². The number of thiazole rings is 1.